The summed E-state index contributed by atoms with van der Waals surface area (Å²) in [5.41, 5.74) is 4.05. The van der Waals surface area contributed by atoms with Gasteiger partial charge in [-0.3, -0.25) is 9.69 Å². The van der Waals surface area contributed by atoms with E-state index >= 15 is 0 Å². The number of aliphatic carboxylic acids is 1. The third-order valence-electron chi connectivity index (χ3n) is 3.96. The Morgan fingerprint density at radius 2 is 1.83 bits per heavy atom. The van der Waals surface area contributed by atoms with E-state index in [0.29, 0.717) is 0 Å². The lowest BCUT2D eigenvalue weighted by Crippen LogP contribution is -2.36. The number of hydrogen-bond acceptors (Lipinski definition) is 2. The standard InChI is InChI=1S/C15H21NO2/c1-11-4-3-5-12(2)14(11)10-16-8-6-13(7-9-16)15(17)18/h3-5,13H,6-10H2,1-2H3,(H,17,18). The van der Waals surface area contributed by atoms with Crippen LogP contribution in [-0.2, 0) is 11.3 Å². The molecule has 1 aliphatic rings. The quantitative estimate of drug-likeness (QED) is 0.892. The van der Waals surface area contributed by atoms with Crippen LogP contribution in [0.15, 0.2) is 18.2 Å². The lowest BCUT2D eigenvalue weighted by Gasteiger charge is -2.30. The molecule has 0 bridgehead atoms. The molecule has 2 rings (SSSR count). The van der Waals surface area contributed by atoms with E-state index in [4.69, 9.17) is 5.11 Å². The molecule has 1 saturated heterocycles. The van der Waals surface area contributed by atoms with Crippen molar-refractivity contribution in [2.24, 2.45) is 5.92 Å². The van der Waals surface area contributed by atoms with Gasteiger partial charge in [0.1, 0.15) is 0 Å². The summed E-state index contributed by atoms with van der Waals surface area (Å²) in [7, 11) is 0. The summed E-state index contributed by atoms with van der Waals surface area (Å²) in [4.78, 5) is 13.3. The van der Waals surface area contributed by atoms with E-state index in [-0.39, 0.29) is 5.92 Å². The van der Waals surface area contributed by atoms with Crippen LogP contribution in [0.3, 0.4) is 0 Å². The fraction of sp³-hybridized carbons (Fsp3) is 0.533. The van der Waals surface area contributed by atoms with Gasteiger partial charge in [0.15, 0.2) is 0 Å². The topological polar surface area (TPSA) is 40.5 Å². The minimum atomic E-state index is -0.637. The predicted octanol–water partition coefficient (Wildman–Crippen LogP) is 2.60. The summed E-state index contributed by atoms with van der Waals surface area (Å²) in [5.74, 6) is -0.777. The average Bonchev–Trinajstić information content (AvgIpc) is 2.34. The summed E-state index contributed by atoms with van der Waals surface area (Å²) >= 11 is 0. The molecule has 0 saturated carbocycles. The molecule has 18 heavy (non-hydrogen) atoms. The number of carboxylic acids is 1. The molecule has 0 unspecified atom stereocenters. The van der Waals surface area contributed by atoms with Crippen molar-refractivity contribution in [2.45, 2.75) is 33.2 Å². The minimum absolute atomic E-state index is 0.140. The predicted molar refractivity (Wildman–Crippen MR) is 71.6 cm³/mol. The number of hydrogen-bond donors (Lipinski definition) is 1. The molecule has 0 radical (unpaired) electrons. The van der Waals surface area contributed by atoms with E-state index in [9.17, 15) is 4.79 Å². The molecule has 0 amide bonds. The summed E-state index contributed by atoms with van der Waals surface area (Å²) in [6.45, 7) is 7.03. The van der Waals surface area contributed by atoms with Gasteiger partial charge in [-0.1, -0.05) is 18.2 Å². The second-order valence-corrected chi connectivity index (χ2v) is 5.26. The Morgan fingerprint density at radius 1 is 1.28 bits per heavy atom. The Labute approximate surface area is 108 Å². The first-order chi connectivity index (χ1) is 8.58. The van der Waals surface area contributed by atoms with Gasteiger partial charge in [-0.15, -0.1) is 0 Å². The molecule has 1 aromatic carbocycles. The summed E-state index contributed by atoms with van der Waals surface area (Å²) < 4.78 is 0. The molecule has 1 aromatic rings. The van der Waals surface area contributed by atoms with Crippen LogP contribution in [-0.4, -0.2) is 29.1 Å². The van der Waals surface area contributed by atoms with Crippen LogP contribution in [0.1, 0.15) is 29.5 Å². The number of piperidine rings is 1. The molecule has 3 nitrogen and oxygen atoms in total. The SMILES string of the molecule is Cc1cccc(C)c1CN1CCC(C(=O)O)CC1. The van der Waals surface area contributed by atoms with Crippen LogP contribution in [0.2, 0.25) is 0 Å². The first-order valence-corrected chi connectivity index (χ1v) is 6.58. The number of nitrogens with zero attached hydrogens (tertiary/aromatic N) is 1. The fourth-order valence-electron chi connectivity index (χ4n) is 2.66. The summed E-state index contributed by atoms with van der Waals surface area (Å²) in [6, 6.07) is 6.38. The lowest BCUT2D eigenvalue weighted by atomic mass is 9.95. The maximum atomic E-state index is 10.9. The van der Waals surface area contributed by atoms with E-state index < -0.39 is 5.97 Å². The third kappa shape index (κ3) is 2.91. The van der Waals surface area contributed by atoms with Gasteiger partial charge < -0.3 is 5.11 Å². The van der Waals surface area contributed by atoms with Gasteiger partial charge in [0, 0.05) is 6.54 Å². The molecule has 1 fully saturated rings. The maximum Gasteiger partial charge on any atom is 0.306 e. The smallest absolute Gasteiger partial charge is 0.306 e. The van der Waals surface area contributed by atoms with Crippen LogP contribution >= 0.6 is 0 Å². The molecule has 0 spiro atoms. The molecule has 98 valence electrons. The monoisotopic (exact) mass is 247 g/mol. The summed E-state index contributed by atoms with van der Waals surface area (Å²) in [6.07, 6.45) is 1.56. The molecular formula is C15H21NO2. The van der Waals surface area contributed by atoms with Gasteiger partial charge >= 0.3 is 5.97 Å². The third-order valence-corrected chi connectivity index (χ3v) is 3.96. The van der Waals surface area contributed by atoms with Gasteiger partial charge in [0.25, 0.3) is 0 Å². The van der Waals surface area contributed by atoms with Crippen molar-refractivity contribution in [3.63, 3.8) is 0 Å². The first kappa shape index (κ1) is 13.1. The normalized spacial score (nSPS) is 17.9. The van der Waals surface area contributed by atoms with Crippen LogP contribution in [0.5, 0.6) is 0 Å². The van der Waals surface area contributed by atoms with Gasteiger partial charge in [-0.25, -0.2) is 0 Å². The van der Waals surface area contributed by atoms with Gasteiger partial charge in [-0.2, -0.15) is 0 Å². The Bertz CT molecular complexity index is 414. The number of carbonyl (C=O) groups is 1. The molecule has 1 aliphatic heterocycles. The van der Waals surface area contributed by atoms with E-state index in [1.54, 1.807) is 0 Å². The number of rotatable bonds is 3. The van der Waals surface area contributed by atoms with Gasteiger partial charge in [0.2, 0.25) is 0 Å². The Morgan fingerprint density at radius 3 is 2.33 bits per heavy atom. The molecule has 3 heteroatoms. The number of likely N-dealkylation sites (tertiary alicyclic amines) is 1. The van der Waals surface area contributed by atoms with E-state index in [1.807, 2.05) is 0 Å². The second-order valence-electron chi connectivity index (χ2n) is 5.26. The van der Waals surface area contributed by atoms with Gasteiger partial charge in [-0.05, 0) is 56.5 Å². The highest BCUT2D eigenvalue weighted by Gasteiger charge is 2.24. The number of carboxylic acid groups (broad SMARTS) is 1. The molecule has 0 atom stereocenters. The molecular weight excluding hydrogens is 226 g/mol. The highest BCUT2D eigenvalue weighted by atomic mass is 16.4. The number of aryl methyl sites for hydroxylation is 2. The molecule has 0 aromatic heterocycles. The van der Waals surface area contributed by atoms with E-state index in [0.717, 1.165) is 32.5 Å². The zero-order chi connectivity index (χ0) is 13.1. The Hall–Kier alpha value is -1.35. The summed E-state index contributed by atoms with van der Waals surface area (Å²) in [5, 5.41) is 8.98. The Balaban J connectivity index is 1.98. The van der Waals surface area contributed by atoms with Crippen molar-refractivity contribution in [3.05, 3.63) is 34.9 Å². The fourth-order valence-corrected chi connectivity index (χ4v) is 2.66. The van der Waals surface area contributed by atoms with Crippen LogP contribution in [0.4, 0.5) is 0 Å². The van der Waals surface area contributed by atoms with Crippen molar-refractivity contribution in [3.8, 4) is 0 Å². The van der Waals surface area contributed by atoms with Crippen LogP contribution in [0, 0.1) is 19.8 Å². The largest absolute Gasteiger partial charge is 0.481 e. The van der Waals surface area contributed by atoms with Crippen molar-refractivity contribution in [2.75, 3.05) is 13.1 Å². The van der Waals surface area contributed by atoms with Gasteiger partial charge in [0.05, 0.1) is 5.92 Å². The molecule has 0 aliphatic carbocycles. The van der Waals surface area contributed by atoms with E-state index in [1.165, 1.54) is 16.7 Å². The highest BCUT2D eigenvalue weighted by Crippen LogP contribution is 2.21. The zero-order valence-corrected chi connectivity index (χ0v) is 11.1. The zero-order valence-electron chi connectivity index (χ0n) is 11.1. The maximum absolute atomic E-state index is 10.9. The van der Waals surface area contributed by atoms with E-state index in [2.05, 4.69) is 36.9 Å². The van der Waals surface area contributed by atoms with Crippen molar-refractivity contribution in [1.82, 2.24) is 4.90 Å². The highest BCUT2D eigenvalue weighted by molar-refractivity contribution is 5.70. The lowest BCUT2D eigenvalue weighted by molar-refractivity contribution is -0.143. The van der Waals surface area contributed by atoms with Crippen molar-refractivity contribution < 1.29 is 9.90 Å². The molecule has 1 N–H and O–H groups in total. The molecule has 1 heterocycles. The van der Waals surface area contributed by atoms with Crippen LogP contribution < -0.4 is 0 Å². The minimum Gasteiger partial charge on any atom is -0.481 e. The van der Waals surface area contributed by atoms with Crippen LogP contribution in [0.25, 0.3) is 0 Å². The number of benzene rings is 1. The average molecular weight is 247 g/mol. The Kier molecular flexibility index (Phi) is 4.02. The van der Waals surface area contributed by atoms with Crippen molar-refractivity contribution >= 4 is 5.97 Å². The second kappa shape index (κ2) is 5.53. The van der Waals surface area contributed by atoms with Crippen molar-refractivity contribution in [1.29, 1.82) is 0 Å². The first-order valence-electron chi connectivity index (χ1n) is 6.58.